The maximum Gasteiger partial charge on any atom is 0.190 e. The van der Waals surface area contributed by atoms with E-state index in [0.29, 0.717) is 33.5 Å². The molecule has 0 spiro atoms. The number of halogens is 1. The largest absolute Gasteiger partial charge is 0.353 e. The minimum Gasteiger partial charge on any atom is -0.353 e. The molecule has 1 saturated heterocycles. The molecular weight excluding hydrogens is 425 g/mol. The molecule has 0 bridgehead atoms. The number of aromatic amines is 1. The molecule has 5 rings (SSSR count). The second-order valence-electron chi connectivity index (χ2n) is 7.40. The molecule has 2 aromatic carbocycles. The zero-order valence-electron chi connectivity index (χ0n) is 17.2. The molecule has 1 aliphatic rings. The number of fused-ring (bicyclic) bond motifs is 1. The van der Waals surface area contributed by atoms with E-state index in [4.69, 9.17) is 9.97 Å². The van der Waals surface area contributed by atoms with Gasteiger partial charge in [0.2, 0.25) is 0 Å². The fraction of sp³-hybridized carbons (Fsp3) is 0.217. The number of nitrogens with one attached hydrogen (secondary N) is 2. The zero-order valence-corrected chi connectivity index (χ0v) is 18.0. The standard InChI is InChI=1S/C23H20FN7S/c24-16-7-5-15(6-8-16)21-17(13-25)22(31-11-9-26-10-12-31)30-23(29-21)32-14-20-27-18-3-1-2-4-19(18)28-20/h1-8,26H,9-12,14H2,(H,27,28). The first-order valence-electron chi connectivity index (χ1n) is 10.3. The number of hydrogen-bond donors (Lipinski definition) is 2. The molecule has 32 heavy (non-hydrogen) atoms. The number of piperazine rings is 1. The Morgan fingerprint density at radius 3 is 2.56 bits per heavy atom. The van der Waals surface area contributed by atoms with Crippen LogP contribution in [-0.2, 0) is 5.75 Å². The number of thioether (sulfide) groups is 1. The van der Waals surface area contributed by atoms with E-state index in [-0.39, 0.29) is 5.82 Å². The Morgan fingerprint density at radius 2 is 1.81 bits per heavy atom. The van der Waals surface area contributed by atoms with Crippen LogP contribution in [-0.4, -0.2) is 46.1 Å². The molecule has 160 valence electrons. The first-order valence-corrected chi connectivity index (χ1v) is 11.3. The summed E-state index contributed by atoms with van der Waals surface area (Å²) < 4.78 is 13.5. The van der Waals surface area contributed by atoms with Crippen LogP contribution in [0.4, 0.5) is 10.2 Å². The van der Waals surface area contributed by atoms with Gasteiger partial charge in [0, 0.05) is 31.7 Å². The summed E-state index contributed by atoms with van der Waals surface area (Å²) in [7, 11) is 0. The molecule has 1 fully saturated rings. The number of para-hydroxylation sites is 2. The summed E-state index contributed by atoms with van der Waals surface area (Å²) in [6.07, 6.45) is 0. The van der Waals surface area contributed by atoms with Gasteiger partial charge in [0.25, 0.3) is 0 Å². The highest BCUT2D eigenvalue weighted by molar-refractivity contribution is 7.98. The molecule has 3 heterocycles. The van der Waals surface area contributed by atoms with Crippen molar-refractivity contribution in [3.8, 4) is 17.3 Å². The van der Waals surface area contributed by atoms with Crippen molar-refractivity contribution < 1.29 is 4.39 Å². The molecule has 0 radical (unpaired) electrons. The van der Waals surface area contributed by atoms with Gasteiger partial charge in [0.15, 0.2) is 11.0 Å². The van der Waals surface area contributed by atoms with Gasteiger partial charge in [-0.3, -0.25) is 0 Å². The average Bonchev–Trinajstić information content (AvgIpc) is 3.26. The van der Waals surface area contributed by atoms with Crippen molar-refractivity contribution in [2.24, 2.45) is 0 Å². The first-order chi connectivity index (χ1) is 15.7. The van der Waals surface area contributed by atoms with Gasteiger partial charge in [-0.25, -0.2) is 19.3 Å². The Kier molecular flexibility index (Phi) is 5.71. The van der Waals surface area contributed by atoms with Crippen molar-refractivity contribution >= 4 is 28.6 Å². The number of nitrogens with zero attached hydrogens (tertiary/aromatic N) is 5. The fourth-order valence-corrected chi connectivity index (χ4v) is 4.43. The number of hydrogen-bond acceptors (Lipinski definition) is 7. The van der Waals surface area contributed by atoms with Crippen molar-refractivity contribution in [1.82, 2.24) is 25.3 Å². The molecule has 9 heteroatoms. The van der Waals surface area contributed by atoms with Gasteiger partial charge in [0.1, 0.15) is 23.3 Å². The minimum absolute atomic E-state index is 0.330. The van der Waals surface area contributed by atoms with Crippen molar-refractivity contribution in [1.29, 1.82) is 5.26 Å². The molecule has 2 aromatic heterocycles. The Labute approximate surface area is 188 Å². The lowest BCUT2D eigenvalue weighted by Gasteiger charge is -2.29. The average molecular weight is 446 g/mol. The lowest BCUT2D eigenvalue weighted by molar-refractivity contribution is 0.582. The van der Waals surface area contributed by atoms with Crippen LogP contribution in [0, 0.1) is 17.1 Å². The molecule has 0 atom stereocenters. The third-order valence-electron chi connectivity index (χ3n) is 5.29. The molecule has 7 nitrogen and oxygen atoms in total. The molecule has 0 unspecified atom stereocenters. The number of benzene rings is 2. The third kappa shape index (κ3) is 4.15. The molecular formula is C23H20FN7S. The van der Waals surface area contributed by atoms with Gasteiger partial charge < -0.3 is 15.2 Å². The van der Waals surface area contributed by atoms with Gasteiger partial charge in [-0.15, -0.1) is 0 Å². The maximum absolute atomic E-state index is 13.5. The van der Waals surface area contributed by atoms with Crippen LogP contribution in [0.5, 0.6) is 0 Å². The van der Waals surface area contributed by atoms with E-state index in [1.165, 1.54) is 23.9 Å². The monoisotopic (exact) mass is 445 g/mol. The quantitative estimate of drug-likeness (QED) is 0.357. The number of anilines is 1. The summed E-state index contributed by atoms with van der Waals surface area (Å²) in [6, 6.07) is 16.2. The highest BCUT2D eigenvalue weighted by Gasteiger charge is 2.22. The van der Waals surface area contributed by atoms with Crippen molar-refractivity contribution in [2.45, 2.75) is 10.9 Å². The van der Waals surface area contributed by atoms with Crippen LogP contribution in [0.25, 0.3) is 22.3 Å². The van der Waals surface area contributed by atoms with Crippen LogP contribution >= 0.6 is 11.8 Å². The van der Waals surface area contributed by atoms with Gasteiger partial charge in [-0.1, -0.05) is 23.9 Å². The molecule has 0 aliphatic carbocycles. The molecule has 1 aliphatic heterocycles. The maximum atomic E-state index is 13.5. The number of aromatic nitrogens is 4. The molecule has 0 saturated carbocycles. The summed E-state index contributed by atoms with van der Waals surface area (Å²) in [5, 5.41) is 13.8. The Hall–Kier alpha value is -3.48. The minimum atomic E-state index is -0.330. The second-order valence-corrected chi connectivity index (χ2v) is 8.34. The second kappa shape index (κ2) is 8.94. The van der Waals surface area contributed by atoms with Gasteiger partial charge in [0.05, 0.1) is 22.5 Å². The van der Waals surface area contributed by atoms with Crippen LogP contribution in [0.3, 0.4) is 0 Å². The normalized spacial score (nSPS) is 13.9. The summed E-state index contributed by atoms with van der Waals surface area (Å²) in [5.74, 6) is 1.68. The van der Waals surface area contributed by atoms with E-state index in [2.05, 4.69) is 26.3 Å². The van der Waals surface area contributed by atoms with Gasteiger partial charge in [-0.2, -0.15) is 5.26 Å². The van der Waals surface area contributed by atoms with E-state index in [9.17, 15) is 9.65 Å². The number of nitriles is 1. The summed E-state index contributed by atoms with van der Waals surface area (Å²) in [5.41, 5.74) is 3.51. The van der Waals surface area contributed by atoms with Crippen LogP contribution in [0.15, 0.2) is 53.7 Å². The van der Waals surface area contributed by atoms with Crippen LogP contribution < -0.4 is 10.2 Å². The van der Waals surface area contributed by atoms with Crippen LogP contribution in [0.2, 0.25) is 0 Å². The zero-order chi connectivity index (χ0) is 21.9. The Bertz CT molecular complexity index is 1260. The predicted molar refractivity (Wildman–Crippen MR) is 123 cm³/mol. The van der Waals surface area contributed by atoms with Crippen molar-refractivity contribution in [3.05, 3.63) is 65.7 Å². The smallest absolute Gasteiger partial charge is 0.190 e. The summed E-state index contributed by atoms with van der Waals surface area (Å²) in [4.78, 5) is 19.5. The number of rotatable bonds is 5. The SMILES string of the molecule is N#Cc1c(-c2ccc(F)cc2)nc(SCc2nc3ccccc3[nH]2)nc1N1CCNCC1. The van der Waals surface area contributed by atoms with Gasteiger partial charge in [-0.05, 0) is 36.4 Å². The summed E-state index contributed by atoms with van der Waals surface area (Å²) >= 11 is 1.46. The molecule has 0 amide bonds. The van der Waals surface area contributed by atoms with Crippen LogP contribution in [0.1, 0.15) is 11.4 Å². The first kappa shape index (κ1) is 20.4. The highest BCUT2D eigenvalue weighted by Crippen LogP contribution is 2.32. The molecule has 4 aromatic rings. The topological polar surface area (TPSA) is 93.5 Å². The Balaban J connectivity index is 1.52. The van der Waals surface area contributed by atoms with Crippen molar-refractivity contribution in [2.75, 3.05) is 31.1 Å². The lowest BCUT2D eigenvalue weighted by atomic mass is 10.1. The summed E-state index contributed by atoms with van der Waals surface area (Å²) in [6.45, 7) is 3.15. The third-order valence-corrected chi connectivity index (χ3v) is 6.15. The lowest BCUT2D eigenvalue weighted by Crippen LogP contribution is -2.44. The van der Waals surface area contributed by atoms with E-state index in [1.54, 1.807) is 12.1 Å². The predicted octanol–water partition coefficient (Wildman–Crippen LogP) is 3.73. The Morgan fingerprint density at radius 1 is 1.03 bits per heavy atom. The molecule has 2 N–H and O–H groups in total. The van der Waals surface area contributed by atoms with Crippen molar-refractivity contribution in [3.63, 3.8) is 0 Å². The van der Waals surface area contributed by atoms with E-state index in [1.807, 2.05) is 24.3 Å². The number of H-pyrrole nitrogens is 1. The number of imidazole rings is 1. The van der Waals surface area contributed by atoms with E-state index < -0.39 is 0 Å². The van der Waals surface area contributed by atoms with Gasteiger partial charge >= 0.3 is 0 Å². The van der Waals surface area contributed by atoms with E-state index in [0.717, 1.165) is 43.0 Å². The fourth-order valence-electron chi connectivity index (χ4n) is 3.73. The van der Waals surface area contributed by atoms with E-state index >= 15 is 0 Å². The highest BCUT2D eigenvalue weighted by atomic mass is 32.2.